The first-order chi connectivity index (χ1) is 13.8. The number of hydrogen-bond donors (Lipinski definition) is 2. The van der Waals surface area contributed by atoms with Crippen LogP contribution in [0.5, 0.6) is 0 Å². The zero-order valence-corrected chi connectivity index (χ0v) is 16.9. The Morgan fingerprint density at radius 3 is 2.64 bits per heavy atom. The van der Waals surface area contributed by atoms with Crippen molar-refractivity contribution in [3.8, 4) is 0 Å². The van der Waals surface area contributed by atoms with E-state index in [-0.39, 0.29) is 0 Å². The molecule has 1 aromatic carbocycles. The van der Waals surface area contributed by atoms with Crippen LogP contribution >= 0.6 is 0 Å². The Morgan fingerprint density at radius 1 is 1.14 bits per heavy atom. The minimum atomic E-state index is 0.489. The first-order valence-corrected chi connectivity index (χ1v) is 10.4. The third-order valence-corrected chi connectivity index (χ3v) is 5.15. The van der Waals surface area contributed by atoms with Gasteiger partial charge < -0.3 is 19.9 Å². The van der Waals surface area contributed by atoms with Crippen LogP contribution in [0.2, 0.25) is 0 Å². The highest BCUT2D eigenvalue weighted by Gasteiger charge is 2.12. The maximum Gasteiger partial charge on any atom is 0.191 e. The molecule has 0 spiro atoms. The van der Waals surface area contributed by atoms with Crippen molar-refractivity contribution in [3.63, 3.8) is 0 Å². The van der Waals surface area contributed by atoms with Crippen LogP contribution in [0.1, 0.15) is 49.7 Å². The van der Waals surface area contributed by atoms with Gasteiger partial charge in [0.1, 0.15) is 0 Å². The summed E-state index contributed by atoms with van der Waals surface area (Å²) in [4.78, 5) is 8.38. The highest BCUT2D eigenvalue weighted by atomic mass is 16.5. The van der Waals surface area contributed by atoms with Crippen molar-refractivity contribution in [1.29, 1.82) is 0 Å². The fourth-order valence-corrected chi connectivity index (χ4v) is 3.52. The van der Waals surface area contributed by atoms with Crippen molar-refractivity contribution in [2.24, 2.45) is 4.99 Å². The summed E-state index contributed by atoms with van der Waals surface area (Å²) in [7, 11) is 1.81. The van der Waals surface area contributed by atoms with Gasteiger partial charge in [-0.25, -0.2) is 4.98 Å². The molecule has 0 saturated heterocycles. The third-order valence-electron chi connectivity index (χ3n) is 5.15. The van der Waals surface area contributed by atoms with E-state index in [0.717, 1.165) is 38.6 Å². The third kappa shape index (κ3) is 7.00. The van der Waals surface area contributed by atoms with Crippen LogP contribution in [0, 0.1) is 0 Å². The predicted molar refractivity (Wildman–Crippen MR) is 113 cm³/mol. The lowest BCUT2D eigenvalue weighted by molar-refractivity contribution is 0.0277. The fraction of sp³-hybridized carbons (Fsp3) is 0.545. The summed E-state index contributed by atoms with van der Waals surface area (Å²) in [6.07, 6.45) is 13.6. The van der Waals surface area contributed by atoms with E-state index in [1.807, 2.05) is 19.6 Å². The lowest BCUT2D eigenvalue weighted by Crippen LogP contribution is -2.37. The van der Waals surface area contributed by atoms with E-state index in [2.05, 4.69) is 49.4 Å². The first kappa shape index (κ1) is 20.4. The molecule has 1 saturated carbocycles. The van der Waals surface area contributed by atoms with Gasteiger partial charge in [0.15, 0.2) is 5.96 Å². The number of imidazole rings is 1. The van der Waals surface area contributed by atoms with E-state index < -0.39 is 0 Å². The topological polar surface area (TPSA) is 63.5 Å². The summed E-state index contributed by atoms with van der Waals surface area (Å²) in [6, 6.07) is 8.64. The molecule has 1 fully saturated rings. The molecular formula is C22H33N5O. The van der Waals surface area contributed by atoms with E-state index in [1.165, 1.54) is 43.2 Å². The lowest BCUT2D eigenvalue weighted by atomic mass is 9.98. The van der Waals surface area contributed by atoms with E-state index in [0.29, 0.717) is 6.10 Å². The number of ether oxygens (including phenoxy) is 1. The second-order valence-corrected chi connectivity index (χ2v) is 7.39. The van der Waals surface area contributed by atoms with Gasteiger partial charge in [0.05, 0.1) is 12.4 Å². The van der Waals surface area contributed by atoms with Crippen molar-refractivity contribution in [2.75, 3.05) is 20.2 Å². The van der Waals surface area contributed by atoms with Crippen LogP contribution in [0.4, 0.5) is 0 Å². The molecule has 28 heavy (non-hydrogen) atoms. The van der Waals surface area contributed by atoms with Gasteiger partial charge in [-0.3, -0.25) is 4.99 Å². The second kappa shape index (κ2) is 11.5. The second-order valence-electron chi connectivity index (χ2n) is 7.39. The van der Waals surface area contributed by atoms with Crippen LogP contribution in [0.25, 0.3) is 0 Å². The fourth-order valence-electron chi connectivity index (χ4n) is 3.52. The van der Waals surface area contributed by atoms with Gasteiger partial charge in [0.2, 0.25) is 0 Å². The molecular weight excluding hydrogens is 350 g/mol. The van der Waals surface area contributed by atoms with Crippen LogP contribution in [0.15, 0.2) is 48.0 Å². The molecule has 0 atom stereocenters. The highest BCUT2D eigenvalue weighted by Crippen LogP contribution is 2.20. The zero-order valence-electron chi connectivity index (χ0n) is 16.9. The van der Waals surface area contributed by atoms with Crippen LogP contribution < -0.4 is 10.6 Å². The molecule has 2 N–H and O–H groups in total. The van der Waals surface area contributed by atoms with Crippen molar-refractivity contribution in [1.82, 2.24) is 20.2 Å². The molecule has 1 aliphatic carbocycles. The van der Waals surface area contributed by atoms with Gasteiger partial charge >= 0.3 is 0 Å². The van der Waals surface area contributed by atoms with Crippen LogP contribution in [-0.2, 0) is 17.8 Å². The number of aromatic nitrogens is 2. The lowest BCUT2D eigenvalue weighted by Gasteiger charge is -2.22. The van der Waals surface area contributed by atoms with Gasteiger partial charge in [-0.05, 0) is 30.4 Å². The van der Waals surface area contributed by atoms with Gasteiger partial charge in [-0.1, -0.05) is 43.5 Å². The van der Waals surface area contributed by atoms with Crippen molar-refractivity contribution < 1.29 is 4.74 Å². The van der Waals surface area contributed by atoms with E-state index >= 15 is 0 Å². The number of benzene rings is 1. The zero-order chi connectivity index (χ0) is 19.4. The van der Waals surface area contributed by atoms with Crippen LogP contribution in [0.3, 0.4) is 0 Å². The molecule has 2 aromatic rings. The number of guanidine groups is 1. The van der Waals surface area contributed by atoms with Crippen molar-refractivity contribution >= 4 is 5.96 Å². The summed E-state index contributed by atoms with van der Waals surface area (Å²) in [6.45, 7) is 3.30. The molecule has 3 rings (SSSR count). The normalized spacial score (nSPS) is 15.5. The monoisotopic (exact) mass is 383 g/mol. The predicted octanol–water partition coefficient (Wildman–Crippen LogP) is 3.34. The van der Waals surface area contributed by atoms with E-state index in [4.69, 9.17) is 4.74 Å². The SMILES string of the molecule is CN=C(NCCCOC1CCCCC1)NCc1ccc(Cn2ccnc2)cc1. The standard InChI is InChI=1S/C22H33N5O/c1-23-22(25-12-5-15-28-21-6-3-2-4-7-21)26-16-19-8-10-20(11-9-19)17-27-14-13-24-18-27/h8-11,13-14,18,21H,2-7,12,15-17H2,1H3,(H2,23,25,26). The Morgan fingerprint density at radius 2 is 1.93 bits per heavy atom. The average Bonchev–Trinajstić information content (AvgIpc) is 3.25. The maximum absolute atomic E-state index is 5.97. The van der Waals surface area contributed by atoms with Crippen LogP contribution in [-0.4, -0.2) is 41.8 Å². The number of rotatable bonds is 9. The van der Waals surface area contributed by atoms with E-state index in [1.54, 1.807) is 6.20 Å². The van der Waals surface area contributed by atoms with Crippen molar-refractivity contribution in [2.45, 2.75) is 57.7 Å². The van der Waals surface area contributed by atoms with Gasteiger partial charge in [-0.2, -0.15) is 0 Å². The summed E-state index contributed by atoms with van der Waals surface area (Å²) in [5, 5.41) is 6.74. The van der Waals surface area contributed by atoms with Gasteiger partial charge in [0.25, 0.3) is 0 Å². The summed E-state index contributed by atoms with van der Waals surface area (Å²) < 4.78 is 8.04. The Kier molecular flexibility index (Phi) is 8.37. The Labute approximate surface area is 168 Å². The molecule has 0 bridgehead atoms. The quantitative estimate of drug-likeness (QED) is 0.396. The van der Waals surface area contributed by atoms with Gasteiger partial charge in [0, 0.05) is 45.7 Å². The maximum atomic E-state index is 5.97. The number of hydrogen-bond acceptors (Lipinski definition) is 3. The molecule has 152 valence electrons. The average molecular weight is 384 g/mol. The minimum absolute atomic E-state index is 0.489. The number of nitrogens with one attached hydrogen (secondary N) is 2. The molecule has 1 aromatic heterocycles. The summed E-state index contributed by atoms with van der Waals surface area (Å²) in [5.41, 5.74) is 2.50. The van der Waals surface area contributed by atoms with Gasteiger partial charge in [-0.15, -0.1) is 0 Å². The Hall–Kier alpha value is -2.34. The highest BCUT2D eigenvalue weighted by molar-refractivity contribution is 5.79. The largest absolute Gasteiger partial charge is 0.378 e. The first-order valence-electron chi connectivity index (χ1n) is 10.4. The molecule has 0 radical (unpaired) electrons. The molecule has 1 aliphatic rings. The number of nitrogens with zero attached hydrogens (tertiary/aromatic N) is 3. The molecule has 1 heterocycles. The Balaban J connectivity index is 1.31. The minimum Gasteiger partial charge on any atom is -0.378 e. The summed E-state index contributed by atoms with van der Waals surface area (Å²) >= 11 is 0. The molecule has 0 unspecified atom stereocenters. The molecule has 6 heteroatoms. The Bertz CT molecular complexity index is 690. The molecule has 0 amide bonds. The van der Waals surface area contributed by atoms with Crippen molar-refractivity contribution in [3.05, 3.63) is 54.1 Å². The summed E-state index contributed by atoms with van der Waals surface area (Å²) in [5.74, 6) is 0.833. The number of aliphatic imine (C=N–C) groups is 1. The van der Waals surface area contributed by atoms with E-state index in [9.17, 15) is 0 Å². The smallest absolute Gasteiger partial charge is 0.191 e. The molecule has 0 aliphatic heterocycles. The molecule has 6 nitrogen and oxygen atoms in total.